The van der Waals surface area contributed by atoms with Crippen molar-refractivity contribution in [3.8, 4) is 0 Å². The molecule has 1 N–H and O–H groups in total. The molecule has 0 aliphatic carbocycles. The number of carbonyl (C=O) groups is 1. The van der Waals surface area contributed by atoms with Crippen molar-refractivity contribution in [1.82, 2.24) is 15.1 Å². The van der Waals surface area contributed by atoms with E-state index in [-0.39, 0.29) is 5.91 Å². The number of benzene rings is 2. The average molecular weight is 451 g/mol. The minimum Gasteiger partial charge on any atom is -0.378 e. The number of hydrogen-bond donors (Lipinski definition) is 1. The summed E-state index contributed by atoms with van der Waals surface area (Å²) in [6.45, 7) is 13.2. The van der Waals surface area contributed by atoms with Crippen molar-refractivity contribution in [1.29, 1.82) is 0 Å². The lowest BCUT2D eigenvalue weighted by molar-refractivity contribution is -0.119. The zero-order valence-corrected chi connectivity index (χ0v) is 20.2. The number of piperazine rings is 1. The second-order valence-electron chi connectivity index (χ2n) is 9.22. The Balaban J connectivity index is 1.20. The van der Waals surface area contributed by atoms with E-state index in [1.807, 2.05) is 0 Å². The molecule has 2 aliphatic rings. The van der Waals surface area contributed by atoms with Crippen molar-refractivity contribution < 1.29 is 9.53 Å². The maximum atomic E-state index is 10.9. The number of fused-ring (bicyclic) bond motifs is 2. The monoisotopic (exact) mass is 450 g/mol. The summed E-state index contributed by atoms with van der Waals surface area (Å²) in [6.07, 6.45) is 2.19. The van der Waals surface area contributed by atoms with Gasteiger partial charge in [0.05, 0.1) is 13.2 Å². The standard InChI is InChI=1S/C27H38N4O2/c1-22-8-9-25-21-24-6-3-4-7-26(24)31(27(25)20-22)12-5-11-29-13-15-30(16-14-29)17-19-33-18-10-28-23(2)32/h3-4,6-9,20H,5,10-19,21H2,1-2H3,(H,28,32). The second-order valence-corrected chi connectivity index (χ2v) is 9.22. The highest BCUT2D eigenvalue weighted by Gasteiger charge is 2.23. The molecule has 0 bridgehead atoms. The van der Waals surface area contributed by atoms with Gasteiger partial charge >= 0.3 is 0 Å². The first-order valence-electron chi connectivity index (χ1n) is 12.3. The van der Waals surface area contributed by atoms with Crippen molar-refractivity contribution in [2.45, 2.75) is 26.7 Å². The molecule has 0 spiro atoms. The van der Waals surface area contributed by atoms with E-state index in [2.05, 4.69) is 69.4 Å². The first kappa shape index (κ1) is 23.7. The van der Waals surface area contributed by atoms with Crippen LogP contribution in [0.15, 0.2) is 42.5 Å². The molecule has 0 unspecified atom stereocenters. The normalized spacial score (nSPS) is 16.4. The molecule has 0 aromatic heterocycles. The third-order valence-electron chi connectivity index (χ3n) is 6.69. The maximum absolute atomic E-state index is 10.9. The first-order chi connectivity index (χ1) is 16.1. The van der Waals surface area contributed by atoms with Crippen LogP contribution in [0.4, 0.5) is 11.4 Å². The average Bonchev–Trinajstić information content (AvgIpc) is 2.82. The van der Waals surface area contributed by atoms with Gasteiger partial charge in [0.1, 0.15) is 0 Å². The molecular weight excluding hydrogens is 412 g/mol. The van der Waals surface area contributed by atoms with Crippen molar-refractivity contribution in [2.24, 2.45) is 0 Å². The van der Waals surface area contributed by atoms with Crippen molar-refractivity contribution in [3.05, 3.63) is 59.2 Å². The van der Waals surface area contributed by atoms with Crippen LogP contribution >= 0.6 is 0 Å². The Bertz CT molecular complexity index is 924. The molecule has 1 amide bonds. The Labute approximate surface area is 198 Å². The fourth-order valence-corrected chi connectivity index (χ4v) is 4.86. The molecule has 6 heteroatoms. The minimum atomic E-state index is -0.00135. The Morgan fingerprint density at radius 2 is 1.64 bits per heavy atom. The number of ether oxygens (including phenoxy) is 1. The number of aryl methyl sites for hydroxylation is 1. The van der Waals surface area contributed by atoms with Crippen LogP contribution in [0.3, 0.4) is 0 Å². The lowest BCUT2D eigenvalue weighted by Crippen LogP contribution is -2.47. The quantitative estimate of drug-likeness (QED) is 0.564. The van der Waals surface area contributed by atoms with E-state index >= 15 is 0 Å². The molecule has 2 aliphatic heterocycles. The Hall–Kier alpha value is -2.41. The number of anilines is 2. The summed E-state index contributed by atoms with van der Waals surface area (Å²) in [5.74, 6) is -0.00135. The largest absolute Gasteiger partial charge is 0.378 e. The molecular formula is C27H38N4O2. The summed E-state index contributed by atoms with van der Waals surface area (Å²) in [4.78, 5) is 18.5. The summed E-state index contributed by atoms with van der Waals surface area (Å²) >= 11 is 0. The topological polar surface area (TPSA) is 48.1 Å². The molecule has 178 valence electrons. The number of para-hydroxylation sites is 1. The number of carbonyl (C=O) groups excluding carboxylic acids is 1. The van der Waals surface area contributed by atoms with Gasteiger partial charge in [0.15, 0.2) is 0 Å². The molecule has 6 nitrogen and oxygen atoms in total. The van der Waals surface area contributed by atoms with Gasteiger partial charge in [-0.25, -0.2) is 0 Å². The van der Waals surface area contributed by atoms with Gasteiger partial charge in [-0.1, -0.05) is 30.3 Å². The highest BCUT2D eigenvalue weighted by Crippen LogP contribution is 2.38. The van der Waals surface area contributed by atoms with Crippen LogP contribution in [0.1, 0.15) is 30.0 Å². The van der Waals surface area contributed by atoms with Crippen molar-refractivity contribution in [2.75, 3.05) is 70.5 Å². The SMILES string of the molecule is CC(=O)NCCOCCN1CCN(CCCN2c3ccccc3Cc3ccc(C)cc32)CC1. The van der Waals surface area contributed by atoms with E-state index in [0.717, 1.165) is 65.3 Å². The van der Waals surface area contributed by atoms with Crippen LogP contribution in [0.25, 0.3) is 0 Å². The summed E-state index contributed by atoms with van der Waals surface area (Å²) in [6, 6.07) is 15.8. The zero-order valence-electron chi connectivity index (χ0n) is 20.2. The predicted molar refractivity (Wildman–Crippen MR) is 134 cm³/mol. The van der Waals surface area contributed by atoms with Crippen LogP contribution in [-0.4, -0.2) is 81.3 Å². The van der Waals surface area contributed by atoms with Crippen molar-refractivity contribution in [3.63, 3.8) is 0 Å². The smallest absolute Gasteiger partial charge is 0.216 e. The summed E-state index contributed by atoms with van der Waals surface area (Å²) in [5, 5.41) is 2.76. The molecule has 0 radical (unpaired) electrons. The third-order valence-corrected chi connectivity index (χ3v) is 6.69. The van der Waals surface area contributed by atoms with Gasteiger partial charge < -0.3 is 19.9 Å². The van der Waals surface area contributed by atoms with Crippen LogP contribution in [0.2, 0.25) is 0 Å². The minimum absolute atomic E-state index is 0.00135. The van der Waals surface area contributed by atoms with Gasteiger partial charge in [0, 0.05) is 70.5 Å². The number of nitrogens with one attached hydrogen (secondary N) is 1. The molecule has 2 aromatic rings. The van der Waals surface area contributed by atoms with Gasteiger partial charge in [-0.3, -0.25) is 9.69 Å². The molecule has 4 rings (SSSR count). The Morgan fingerprint density at radius 3 is 2.42 bits per heavy atom. The summed E-state index contributed by atoms with van der Waals surface area (Å²) in [5.41, 5.74) is 6.96. The molecule has 2 aromatic carbocycles. The predicted octanol–water partition coefficient (Wildman–Crippen LogP) is 3.20. The van der Waals surface area contributed by atoms with Crippen molar-refractivity contribution >= 4 is 17.3 Å². The number of amides is 1. The zero-order chi connectivity index (χ0) is 23.0. The molecule has 0 saturated carbocycles. The highest BCUT2D eigenvalue weighted by atomic mass is 16.5. The van der Waals surface area contributed by atoms with Gasteiger partial charge in [-0.2, -0.15) is 0 Å². The molecule has 2 heterocycles. The van der Waals surface area contributed by atoms with Gasteiger partial charge in [0.2, 0.25) is 5.91 Å². The number of nitrogens with zero attached hydrogens (tertiary/aromatic N) is 3. The van der Waals surface area contributed by atoms with Gasteiger partial charge in [0.25, 0.3) is 0 Å². The van der Waals surface area contributed by atoms with Crippen LogP contribution in [0, 0.1) is 6.92 Å². The van der Waals surface area contributed by atoms with E-state index in [4.69, 9.17) is 4.74 Å². The lowest BCUT2D eigenvalue weighted by Gasteiger charge is -2.36. The van der Waals surface area contributed by atoms with E-state index in [0.29, 0.717) is 13.2 Å². The van der Waals surface area contributed by atoms with Crippen LogP contribution in [0.5, 0.6) is 0 Å². The summed E-state index contributed by atoms with van der Waals surface area (Å²) in [7, 11) is 0. The molecule has 1 saturated heterocycles. The second kappa shape index (κ2) is 11.6. The molecule has 1 fully saturated rings. The van der Waals surface area contributed by atoms with Gasteiger partial charge in [-0.15, -0.1) is 0 Å². The van der Waals surface area contributed by atoms with Gasteiger partial charge in [-0.05, 0) is 48.7 Å². The lowest BCUT2D eigenvalue weighted by atomic mass is 9.94. The van der Waals surface area contributed by atoms with Crippen LogP contribution in [-0.2, 0) is 16.0 Å². The fourth-order valence-electron chi connectivity index (χ4n) is 4.86. The first-order valence-corrected chi connectivity index (χ1v) is 12.3. The Kier molecular flexibility index (Phi) is 8.37. The van der Waals surface area contributed by atoms with E-state index < -0.39 is 0 Å². The Morgan fingerprint density at radius 1 is 0.909 bits per heavy atom. The highest BCUT2D eigenvalue weighted by molar-refractivity contribution is 5.74. The molecule has 33 heavy (non-hydrogen) atoms. The summed E-state index contributed by atoms with van der Waals surface area (Å²) < 4.78 is 5.64. The van der Waals surface area contributed by atoms with E-state index in [9.17, 15) is 4.79 Å². The molecule has 0 atom stereocenters. The van der Waals surface area contributed by atoms with E-state index in [1.54, 1.807) is 0 Å². The maximum Gasteiger partial charge on any atom is 0.216 e. The fraction of sp³-hybridized carbons (Fsp3) is 0.519. The number of rotatable bonds is 10. The van der Waals surface area contributed by atoms with E-state index in [1.165, 1.54) is 35.0 Å². The number of hydrogen-bond acceptors (Lipinski definition) is 5. The third kappa shape index (κ3) is 6.56. The van der Waals surface area contributed by atoms with Crippen LogP contribution < -0.4 is 10.2 Å².